The lowest BCUT2D eigenvalue weighted by Gasteiger charge is -2.40. The Hall–Kier alpha value is -3.32. The van der Waals surface area contributed by atoms with E-state index in [4.69, 9.17) is 4.74 Å². The number of carbonyl (C=O) groups excluding carboxylic acids is 2. The highest BCUT2D eigenvalue weighted by Crippen LogP contribution is 2.40. The van der Waals surface area contributed by atoms with Crippen LogP contribution in [0.4, 0.5) is 0 Å². The molecule has 0 aromatic heterocycles. The van der Waals surface area contributed by atoms with Crippen molar-refractivity contribution >= 4 is 17.9 Å². The van der Waals surface area contributed by atoms with Crippen LogP contribution in [0.3, 0.4) is 0 Å². The molecule has 1 aliphatic rings. The number of benzene rings is 2. The highest BCUT2D eigenvalue weighted by atomic mass is 16.5. The first-order valence-electron chi connectivity index (χ1n) is 18.0. The standard InChI is InChI=1S/C40H61N3O8/c1-24(2)29-22-31(45)30(36-35(48)34(47)33(46)32(23-44)51-36)21-28(29)20-27-14-13-26(19-25(27)3)15-16-39(4,5)37(49)42-40(6,7)38(50)41-17-11-10-12-18-43(8)9/h13-16,19,21-22,24,32-36,44-48H,10-12,17-18,20,23H2,1-9H3,(H,41,50)(H,42,49)/b16-15+/t32-,33-,34+,35-,36+/m1/s1. The fourth-order valence-corrected chi connectivity index (χ4v) is 6.21. The van der Waals surface area contributed by atoms with Gasteiger partial charge in [0.2, 0.25) is 11.8 Å². The predicted molar refractivity (Wildman–Crippen MR) is 199 cm³/mol. The van der Waals surface area contributed by atoms with Crippen LogP contribution in [0, 0.1) is 12.3 Å². The van der Waals surface area contributed by atoms with Gasteiger partial charge in [0, 0.05) is 12.1 Å². The molecule has 2 aromatic rings. The summed E-state index contributed by atoms with van der Waals surface area (Å²) < 4.78 is 5.76. The minimum atomic E-state index is -1.56. The highest BCUT2D eigenvalue weighted by Gasteiger charge is 2.45. The number of aliphatic hydroxyl groups is 4. The van der Waals surface area contributed by atoms with Crippen molar-refractivity contribution in [2.24, 2.45) is 5.41 Å². The molecule has 5 atom stereocenters. The lowest BCUT2D eigenvalue weighted by Crippen LogP contribution is -2.57. The van der Waals surface area contributed by atoms with Gasteiger partial charge in [-0.15, -0.1) is 0 Å². The third kappa shape index (κ3) is 11.1. The van der Waals surface area contributed by atoms with E-state index in [-0.39, 0.29) is 29.0 Å². The zero-order valence-electron chi connectivity index (χ0n) is 31.9. The number of aryl methyl sites for hydroxylation is 1. The summed E-state index contributed by atoms with van der Waals surface area (Å²) in [7, 11) is 4.08. The lowest BCUT2D eigenvalue weighted by atomic mass is 9.85. The first kappa shape index (κ1) is 42.1. The van der Waals surface area contributed by atoms with Gasteiger partial charge in [-0.25, -0.2) is 0 Å². The number of ether oxygens (including phenoxy) is 1. The Bertz CT molecular complexity index is 1520. The molecule has 1 aliphatic heterocycles. The smallest absolute Gasteiger partial charge is 0.245 e. The molecule has 11 heteroatoms. The second-order valence-corrected chi connectivity index (χ2v) is 15.6. The number of unbranched alkanes of at least 4 members (excludes halogenated alkanes) is 2. The second kappa shape index (κ2) is 17.9. The summed E-state index contributed by atoms with van der Waals surface area (Å²) >= 11 is 0. The van der Waals surface area contributed by atoms with Gasteiger partial charge in [0.25, 0.3) is 0 Å². The highest BCUT2D eigenvalue weighted by molar-refractivity contribution is 5.93. The van der Waals surface area contributed by atoms with E-state index >= 15 is 0 Å². The van der Waals surface area contributed by atoms with Crippen molar-refractivity contribution in [1.29, 1.82) is 0 Å². The molecule has 1 fully saturated rings. The fourth-order valence-electron chi connectivity index (χ4n) is 6.21. The van der Waals surface area contributed by atoms with E-state index in [1.807, 2.05) is 79.1 Å². The predicted octanol–water partition coefficient (Wildman–Crippen LogP) is 3.71. The van der Waals surface area contributed by atoms with E-state index in [1.165, 1.54) is 0 Å². The Balaban J connectivity index is 1.73. The maximum Gasteiger partial charge on any atom is 0.245 e. The van der Waals surface area contributed by atoms with E-state index in [0.29, 0.717) is 13.0 Å². The largest absolute Gasteiger partial charge is 0.508 e. The van der Waals surface area contributed by atoms with Crippen LogP contribution >= 0.6 is 0 Å². The third-order valence-corrected chi connectivity index (χ3v) is 9.70. The van der Waals surface area contributed by atoms with Crippen molar-refractivity contribution in [3.05, 3.63) is 69.8 Å². The molecule has 0 saturated carbocycles. The number of nitrogens with zero attached hydrogens (tertiary/aromatic N) is 1. The normalized spacial score (nSPS) is 21.4. The summed E-state index contributed by atoms with van der Waals surface area (Å²) in [6.07, 6.45) is 0.393. The topological polar surface area (TPSA) is 172 Å². The monoisotopic (exact) mass is 711 g/mol. The average molecular weight is 712 g/mol. The van der Waals surface area contributed by atoms with Crippen molar-refractivity contribution in [1.82, 2.24) is 15.5 Å². The van der Waals surface area contributed by atoms with Gasteiger partial charge in [-0.3, -0.25) is 9.59 Å². The third-order valence-electron chi connectivity index (χ3n) is 9.70. The molecule has 284 valence electrons. The number of aliphatic hydroxyl groups excluding tert-OH is 4. The Labute approximate surface area is 303 Å². The molecule has 1 saturated heterocycles. The zero-order chi connectivity index (χ0) is 38.3. The van der Waals surface area contributed by atoms with Gasteiger partial charge < -0.3 is 45.8 Å². The van der Waals surface area contributed by atoms with Crippen LogP contribution in [0.1, 0.15) is 106 Å². The molecule has 7 N–H and O–H groups in total. The zero-order valence-corrected chi connectivity index (χ0v) is 31.9. The van der Waals surface area contributed by atoms with Crippen LogP contribution < -0.4 is 10.6 Å². The van der Waals surface area contributed by atoms with E-state index in [9.17, 15) is 35.1 Å². The molecule has 0 aliphatic carbocycles. The maximum atomic E-state index is 13.3. The number of nitrogens with one attached hydrogen (secondary N) is 2. The first-order valence-corrected chi connectivity index (χ1v) is 18.0. The number of phenolic OH excluding ortho intramolecular Hbond substituents is 1. The Morgan fingerprint density at radius 2 is 1.63 bits per heavy atom. The lowest BCUT2D eigenvalue weighted by molar-refractivity contribution is -0.232. The van der Waals surface area contributed by atoms with Crippen LogP contribution in [0.25, 0.3) is 6.08 Å². The minimum absolute atomic E-state index is 0.0692. The van der Waals surface area contributed by atoms with E-state index in [2.05, 4.69) is 15.5 Å². The van der Waals surface area contributed by atoms with Crippen LogP contribution in [0.2, 0.25) is 0 Å². The molecule has 1 heterocycles. The van der Waals surface area contributed by atoms with Gasteiger partial charge in [-0.05, 0) is 120 Å². The molecule has 2 aromatic carbocycles. The Morgan fingerprint density at radius 1 is 0.941 bits per heavy atom. The molecule has 0 bridgehead atoms. The summed E-state index contributed by atoms with van der Waals surface area (Å²) in [6.45, 7) is 14.1. The summed E-state index contributed by atoms with van der Waals surface area (Å²) in [5.74, 6) is -0.517. The quantitative estimate of drug-likeness (QED) is 0.128. The summed E-state index contributed by atoms with van der Waals surface area (Å²) in [6, 6.07) is 9.43. The second-order valence-electron chi connectivity index (χ2n) is 15.6. The van der Waals surface area contributed by atoms with E-state index in [1.54, 1.807) is 26.0 Å². The van der Waals surface area contributed by atoms with Gasteiger partial charge in [0.1, 0.15) is 41.8 Å². The Kier molecular flexibility index (Phi) is 14.8. The molecule has 2 amide bonds. The molecule has 11 nitrogen and oxygen atoms in total. The maximum absolute atomic E-state index is 13.3. The number of carbonyl (C=O) groups is 2. The Morgan fingerprint density at radius 3 is 2.24 bits per heavy atom. The summed E-state index contributed by atoms with van der Waals surface area (Å²) in [5.41, 5.74) is 3.05. The molecule has 3 rings (SSSR count). The van der Waals surface area contributed by atoms with Gasteiger partial charge in [0.15, 0.2) is 0 Å². The van der Waals surface area contributed by atoms with Crippen molar-refractivity contribution < 1.29 is 39.9 Å². The number of rotatable bonds is 16. The van der Waals surface area contributed by atoms with Gasteiger partial charge in [-0.1, -0.05) is 50.6 Å². The fraction of sp³-hybridized carbons (Fsp3) is 0.600. The first-order chi connectivity index (χ1) is 23.8. The van der Waals surface area contributed by atoms with Crippen molar-refractivity contribution in [2.75, 3.05) is 33.8 Å². The number of phenols is 1. The van der Waals surface area contributed by atoms with Gasteiger partial charge in [-0.2, -0.15) is 0 Å². The SMILES string of the molecule is Cc1cc(/C=C/C(C)(C)C(=O)NC(C)(C)C(=O)NCCCCCN(C)C)ccc1Cc1cc([C@@H]2O[C@H](CO)[C@@H](O)[C@H](O)[C@H]2O)c(O)cc1C(C)C. The molecular formula is C40H61N3O8. The molecule has 0 unspecified atom stereocenters. The van der Waals surface area contributed by atoms with Crippen LogP contribution in [0.15, 0.2) is 36.4 Å². The number of amides is 2. The average Bonchev–Trinajstić information content (AvgIpc) is 3.05. The molecule has 0 spiro atoms. The number of hydrogen-bond donors (Lipinski definition) is 7. The summed E-state index contributed by atoms with van der Waals surface area (Å²) in [4.78, 5) is 28.3. The van der Waals surface area contributed by atoms with Crippen molar-refractivity contribution in [3.8, 4) is 5.75 Å². The number of aromatic hydroxyl groups is 1. The van der Waals surface area contributed by atoms with E-state index < -0.39 is 48.1 Å². The van der Waals surface area contributed by atoms with Gasteiger partial charge in [0.05, 0.1) is 12.0 Å². The minimum Gasteiger partial charge on any atom is -0.508 e. The van der Waals surface area contributed by atoms with Crippen LogP contribution in [0.5, 0.6) is 5.75 Å². The molecular weight excluding hydrogens is 650 g/mol. The number of hydrogen-bond acceptors (Lipinski definition) is 9. The van der Waals surface area contributed by atoms with Crippen molar-refractivity contribution in [2.45, 2.75) is 116 Å². The van der Waals surface area contributed by atoms with E-state index in [0.717, 1.165) is 53.6 Å². The van der Waals surface area contributed by atoms with Crippen molar-refractivity contribution in [3.63, 3.8) is 0 Å². The van der Waals surface area contributed by atoms with Gasteiger partial charge >= 0.3 is 0 Å². The van der Waals surface area contributed by atoms with Crippen LogP contribution in [-0.4, -0.2) is 106 Å². The molecule has 51 heavy (non-hydrogen) atoms. The molecule has 0 radical (unpaired) electrons. The summed E-state index contributed by atoms with van der Waals surface area (Å²) in [5, 5.41) is 57.9. The van der Waals surface area contributed by atoms with Crippen LogP contribution in [-0.2, 0) is 20.7 Å².